The first-order valence-corrected chi connectivity index (χ1v) is 12.4. The van der Waals surface area contributed by atoms with Gasteiger partial charge in [-0.05, 0) is 68.8 Å². The zero-order valence-corrected chi connectivity index (χ0v) is 22.5. The summed E-state index contributed by atoms with van der Waals surface area (Å²) in [5.41, 5.74) is 1.77. The average molecular weight is 576 g/mol. The standard InChI is InChI=1S/C27H25BrClFN2O4/c1-27(2,3)36-26(34)31-22-12-16(28)11-20-23(22)24(19-13-17(30)7-10-21(19)29)32(25(20)33)14-15-5-8-18(35-4)9-6-15/h5-13,24H,14H2,1-4H3,(H,31,34). The fraction of sp³-hybridized carbons (Fsp3) is 0.259. The Morgan fingerprint density at radius 3 is 2.47 bits per heavy atom. The Hall–Kier alpha value is -3.10. The van der Waals surface area contributed by atoms with Crippen LogP contribution in [-0.2, 0) is 11.3 Å². The van der Waals surface area contributed by atoms with Crippen LogP contribution in [0.4, 0.5) is 14.9 Å². The summed E-state index contributed by atoms with van der Waals surface area (Å²) in [6.07, 6.45) is -0.673. The summed E-state index contributed by atoms with van der Waals surface area (Å²) in [5, 5.41) is 3.07. The van der Waals surface area contributed by atoms with E-state index in [4.69, 9.17) is 21.1 Å². The summed E-state index contributed by atoms with van der Waals surface area (Å²) in [5.74, 6) is -0.0783. The lowest BCUT2D eigenvalue weighted by Crippen LogP contribution is -2.29. The Morgan fingerprint density at radius 1 is 1.14 bits per heavy atom. The van der Waals surface area contributed by atoms with Crippen LogP contribution in [0.5, 0.6) is 5.75 Å². The number of carbonyl (C=O) groups excluding carboxylic acids is 2. The highest BCUT2D eigenvalue weighted by Crippen LogP contribution is 2.46. The first kappa shape index (κ1) is 26.0. The Labute approximate surface area is 222 Å². The molecule has 0 fully saturated rings. The summed E-state index contributed by atoms with van der Waals surface area (Å²) in [6, 6.07) is 14.0. The molecule has 3 aromatic rings. The van der Waals surface area contributed by atoms with Gasteiger partial charge in [0.2, 0.25) is 0 Å². The Kier molecular flexibility index (Phi) is 7.29. The summed E-state index contributed by atoms with van der Waals surface area (Å²) >= 11 is 9.97. The maximum atomic E-state index is 14.4. The maximum absolute atomic E-state index is 14.4. The predicted octanol–water partition coefficient (Wildman–Crippen LogP) is 7.34. The molecular weight excluding hydrogens is 551 g/mol. The highest BCUT2D eigenvalue weighted by Gasteiger charge is 2.41. The Morgan fingerprint density at radius 2 is 1.83 bits per heavy atom. The van der Waals surface area contributed by atoms with E-state index < -0.39 is 23.6 Å². The summed E-state index contributed by atoms with van der Waals surface area (Å²) in [6.45, 7) is 5.49. The van der Waals surface area contributed by atoms with E-state index in [1.54, 1.807) is 57.0 Å². The number of carbonyl (C=O) groups is 2. The minimum absolute atomic E-state index is 0.221. The van der Waals surface area contributed by atoms with Gasteiger partial charge in [0.1, 0.15) is 17.2 Å². The van der Waals surface area contributed by atoms with Gasteiger partial charge in [-0.3, -0.25) is 10.1 Å². The number of hydrogen-bond donors (Lipinski definition) is 1. The molecule has 9 heteroatoms. The van der Waals surface area contributed by atoms with Crippen molar-refractivity contribution in [1.29, 1.82) is 0 Å². The second-order valence-corrected chi connectivity index (χ2v) is 10.7. The fourth-order valence-electron chi connectivity index (χ4n) is 4.17. The second-order valence-electron chi connectivity index (χ2n) is 9.39. The second kappa shape index (κ2) is 10.1. The van der Waals surface area contributed by atoms with E-state index in [2.05, 4.69) is 21.2 Å². The lowest BCUT2D eigenvalue weighted by atomic mass is 9.95. The normalized spacial score (nSPS) is 15.0. The van der Waals surface area contributed by atoms with Gasteiger partial charge in [0.15, 0.2) is 0 Å². The number of methoxy groups -OCH3 is 1. The monoisotopic (exact) mass is 574 g/mol. The van der Waals surface area contributed by atoms with Gasteiger partial charge < -0.3 is 14.4 Å². The van der Waals surface area contributed by atoms with Crippen molar-refractivity contribution >= 4 is 45.2 Å². The largest absolute Gasteiger partial charge is 0.497 e. The zero-order valence-electron chi connectivity index (χ0n) is 20.2. The molecule has 36 heavy (non-hydrogen) atoms. The van der Waals surface area contributed by atoms with E-state index in [0.29, 0.717) is 37.6 Å². The van der Waals surface area contributed by atoms with Crippen LogP contribution in [0, 0.1) is 5.82 Å². The van der Waals surface area contributed by atoms with Crippen LogP contribution in [-0.4, -0.2) is 29.6 Å². The van der Waals surface area contributed by atoms with Gasteiger partial charge in [0, 0.05) is 32.7 Å². The van der Waals surface area contributed by atoms with Gasteiger partial charge in [-0.15, -0.1) is 0 Å². The number of benzene rings is 3. The van der Waals surface area contributed by atoms with Crippen molar-refractivity contribution in [2.75, 3.05) is 12.4 Å². The van der Waals surface area contributed by atoms with Gasteiger partial charge in [0.25, 0.3) is 5.91 Å². The minimum Gasteiger partial charge on any atom is -0.497 e. The first-order chi connectivity index (χ1) is 17.0. The number of nitrogens with one attached hydrogen (secondary N) is 1. The Bertz CT molecular complexity index is 1320. The van der Waals surface area contributed by atoms with Crippen molar-refractivity contribution in [2.24, 2.45) is 0 Å². The van der Waals surface area contributed by atoms with Crippen molar-refractivity contribution in [3.63, 3.8) is 0 Å². The van der Waals surface area contributed by atoms with E-state index in [-0.39, 0.29) is 12.5 Å². The van der Waals surface area contributed by atoms with Gasteiger partial charge in [-0.1, -0.05) is 39.7 Å². The third-order valence-electron chi connectivity index (χ3n) is 5.62. The van der Waals surface area contributed by atoms with Gasteiger partial charge in [-0.25, -0.2) is 9.18 Å². The zero-order chi connectivity index (χ0) is 26.2. The van der Waals surface area contributed by atoms with Crippen LogP contribution in [0.2, 0.25) is 5.02 Å². The van der Waals surface area contributed by atoms with Crippen LogP contribution in [0.1, 0.15) is 53.9 Å². The van der Waals surface area contributed by atoms with Crippen molar-refractivity contribution < 1.29 is 23.5 Å². The molecule has 1 heterocycles. The molecule has 188 valence electrons. The number of halogens is 3. The molecule has 0 aliphatic carbocycles. The van der Waals surface area contributed by atoms with E-state index in [1.165, 1.54) is 18.2 Å². The molecule has 1 aliphatic heterocycles. The summed E-state index contributed by atoms with van der Waals surface area (Å²) in [7, 11) is 1.58. The molecule has 0 bridgehead atoms. The van der Waals surface area contributed by atoms with Crippen LogP contribution in [0.25, 0.3) is 0 Å². The van der Waals surface area contributed by atoms with Crippen LogP contribution < -0.4 is 10.1 Å². The van der Waals surface area contributed by atoms with Crippen molar-refractivity contribution in [1.82, 2.24) is 4.90 Å². The molecule has 0 spiro atoms. The lowest BCUT2D eigenvalue weighted by Gasteiger charge is -2.28. The highest BCUT2D eigenvalue weighted by molar-refractivity contribution is 9.10. The molecule has 1 aliphatic rings. The maximum Gasteiger partial charge on any atom is 0.412 e. The van der Waals surface area contributed by atoms with Crippen molar-refractivity contribution in [2.45, 2.75) is 39.0 Å². The van der Waals surface area contributed by atoms with Crippen molar-refractivity contribution in [3.8, 4) is 5.75 Å². The molecule has 0 saturated heterocycles. The number of ether oxygens (including phenoxy) is 2. The highest BCUT2D eigenvalue weighted by atomic mass is 79.9. The number of hydrogen-bond acceptors (Lipinski definition) is 4. The van der Waals surface area contributed by atoms with Crippen LogP contribution in [0.3, 0.4) is 0 Å². The molecule has 2 amide bonds. The number of rotatable bonds is 5. The minimum atomic E-state index is -0.754. The summed E-state index contributed by atoms with van der Waals surface area (Å²) in [4.78, 5) is 28.0. The van der Waals surface area contributed by atoms with E-state index in [1.807, 2.05) is 12.1 Å². The number of amides is 2. The number of nitrogens with zero attached hydrogens (tertiary/aromatic N) is 1. The van der Waals surface area contributed by atoms with Crippen molar-refractivity contribution in [3.05, 3.63) is 92.2 Å². The SMILES string of the molecule is COc1ccc(CN2C(=O)c3cc(Br)cc(NC(=O)OC(C)(C)C)c3C2c2cc(F)ccc2Cl)cc1. The Balaban J connectivity index is 1.84. The molecule has 3 aromatic carbocycles. The van der Waals surface area contributed by atoms with Crippen LogP contribution in [0.15, 0.2) is 59.1 Å². The average Bonchev–Trinajstić information content (AvgIpc) is 3.06. The van der Waals surface area contributed by atoms with E-state index >= 15 is 0 Å². The molecule has 1 N–H and O–H groups in total. The van der Waals surface area contributed by atoms with E-state index in [9.17, 15) is 14.0 Å². The topological polar surface area (TPSA) is 67.9 Å². The molecule has 0 radical (unpaired) electrons. The number of anilines is 1. The fourth-order valence-corrected chi connectivity index (χ4v) is 4.85. The van der Waals surface area contributed by atoms with E-state index in [0.717, 1.165) is 5.56 Å². The van der Waals surface area contributed by atoms with Gasteiger partial charge >= 0.3 is 6.09 Å². The third-order valence-corrected chi connectivity index (χ3v) is 6.42. The molecule has 1 atom stereocenters. The first-order valence-electron chi connectivity index (χ1n) is 11.2. The predicted molar refractivity (Wildman–Crippen MR) is 140 cm³/mol. The molecule has 0 saturated carbocycles. The number of fused-ring (bicyclic) bond motifs is 1. The molecule has 1 unspecified atom stereocenters. The molecular formula is C27H25BrClFN2O4. The smallest absolute Gasteiger partial charge is 0.412 e. The molecule has 0 aromatic heterocycles. The lowest BCUT2D eigenvalue weighted by molar-refractivity contribution is 0.0635. The van der Waals surface area contributed by atoms with Crippen LogP contribution >= 0.6 is 27.5 Å². The van der Waals surface area contributed by atoms with Gasteiger partial charge in [0.05, 0.1) is 18.8 Å². The quantitative estimate of drug-likeness (QED) is 0.346. The third kappa shape index (κ3) is 5.50. The molecule has 4 rings (SSSR count). The molecule has 6 nitrogen and oxygen atoms in total. The summed E-state index contributed by atoms with van der Waals surface area (Å²) < 4.78 is 25.7. The van der Waals surface area contributed by atoms with Gasteiger partial charge in [-0.2, -0.15) is 0 Å².